The van der Waals surface area contributed by atoms with Crippen LogP contribution in [0.4, 0.5) is 10.5 Å². The third-order valence-electron chi connectivity index (χ3n) is 4.11. The normalized spacial score (nSPS) is 18.8. The van der Waals surface area contributed by atoms with E-state index in [1.165, 1.54) is 17.0 Å². The molecular weight excluding hydrogens is 505 g/mol. The molecule has 0 bridgehead atoms. The Balaban J connectivity index is 1.81. The highest BCUT2D eigenvalue weighted by Gasteiger charge is 2.37. The van der Waals surface area contributed by atoms with Crippen molar-refractivity contribution >= 4 is 63.2 Å². The number of non-ortho nitro benzene ring substituents is 1. The number of ether oxygens (including phenoxy) is 1. The standard InChI is InChI=1S/C16H14IN3O7S/c17-11-7-10(20(25)26)5-9(14(11)22)6-12-15(23)19(16(24)28-12)8-13(21)18-1-3-27-4-2-18/h5-7,22H,1-4,8H2/b12-6+. The number of hydrogen-bond acceptors (Lipinski definition) is 8. The van der Waals surface area contributed by atoms with E-state index in [1.54, 1.807) is 22.6 Å². The molecule has 10 nitrogen and oxygen atoms in total. The van der Waals surface area contributed by atoms with Crippen LogP contribution in [0.25, 0.3) is 6.08 Å². The molecule has 1 N–H and O–H groups in total. The maximum absolute atomic E-state index is 12.6. The third kappa shape index (κ3) is 4.28. The van der Waals surface area contributed by atoms with Crippen molar-refractivity contribution in [2.75, 3.05) is 32.8 Å². The SMILES string of the molecule is O=C(CN1C(=O)S/C(=C/c2cc([N+](=O)[O-])cc(I)c2O)C1=O)N1CCOCC1. The summed E-state index contributed by atoms with van der Waals surface area (Å²) in [6.07, 6.45) is 1.22. The number of aromatic hydroxyl groups is 1. The molecule has 0 unspecified atom stereocenters. The van der Waals surface area contributed by atoms with Crippen LogP contribution in [0.2, 0.25) is 0 Å². The molecule has 1 aromatic carbocycles. The predicted molar refractivity (Wildman–Crippen MR) is 108 cm³/mol. The molecule has 0 atom stereocenters. The number of imide groups is 1. The van der Waals surface area contributed by atoms with E-state index in [4.69, 9.17) is 4.74 Å². The van der Waals surface area contributed by atoms with Crippen molar-refractivity contribution in [3.8, 4) is 5.75 Å². The molecular formula is C16H14IN3O7S. The van der Waals surface area contributed by atoms with Crippen LogP contribution in [0.15, 0.2) is 17.0 Å². The van der Waals surface area contributed by atoms with E-state index in [1.807, 2.05) is 0 Å². The maximum atomic E-state index is 12.6. The Kier molecular flexibility index (Phi) is 6.20. The second-order valence-electron chi connectivity index (χ2n) is 5.88. The highest BCUT2D eigenvalue weighted by Crippen LogP contribution is 2.36. The van der Waals surface area contributed by atoms with Gasteiger partial charge in [0.1, 0.15) is 12.3 Å². The number of phenolic OH excluding ortho intramolecular Hbond substituents is 1. The molecule has 2 aliphatic heterocycles. The molecule has 0 aliphatic carbocycles. The van der Waals surface area contributed by atoms with E-state index in [0.717, 1.165) is 11.0 Å². The number of nitro groups is 1. The minimum Gasteiger partial charge on any atom is -0.506 e. The average molecular weight is 519 g/mol. The van der Waals surface area contributed by atoms with Gasteiger partial charge < -0.3 is 14.7 Å². The topological polar surface area (TPSA) is 130 Å². The van der Waals surface area contributed by atoms with E-state index >= 15 is 0 Å². The minimum absolute atomic E-state index is 0.0219. The van der Waals surface area contributed by atoms with E-state index in [-0.39, 0.29) is 37.9 Å². The van der Waals surface area contributed by atoms with Crippen LogP contribution in [-0.4, -0.2) is 69.7 Å². The molecule has 0 aromatic heterocycles. The van der Waals surface area contributed by atoms with Crippen LogP contribution < -0.4 is 0 Å². The van der Waals surface area contributed by atoms with Crippen molar-refractivity contribution in [2.45, 2.75) is 0 Å². The number of thioether (sulfide) groups is 1. The Hall–Kier alpha value is -2.19. The summed E-state index contributed by atoms with van der Waals surface area (Å²) in [6, 6.07) is 2.31. The quantitative estimate of drug-likeness (QED) is 0.276. The summed E-state index contributed by atoms with van der Waals surface area (Å²) in [6.45, 7) is 1.20. The monoisotopic (exact) mass is 519 g/mol. The zero-order valence-electron chi connectivity index (χ0n) is 14.3. The van der Waals surface area contributed by atoms with Gasteiger partial charge >= 0.3 is 0 Å². The van der Waals surface area contributed by atoms with Crippen molar-refractivity contribution < 1.29 is 29.2 Å². The molecule has 0 spiro atoms. The van der Waals surface area contributed by atoms with E-state index in [9.17, 15) is 29.6 Å². The molecule has 28 heavy (non-hydrogen) atoms. The van der Waals surface area contributed by atoms with Crippen molar-refractivity contribution in [2.24, 2.45) is 0 Å². The highest BCUT2D eigenvalue weighted by molar-refractivity contribution is 14.1. The summed E-state index contributed by atoms with van der Waals surface area (Å²) in [5.74, 6) is -1.28. The number of amides is 3. The largest absolute Gasteiger partial charge is 0.506 e. The first kappa shape index (κ1) is 20.5. The number of nitro benzene ring substituents is 1. The summed E-state index contributed by atoms with van der Waals surface area (Å²) in [5, 5.41) is 20.5. The summed E-state index contributed by atoms with van der Waals surface area (Å²) >= 11 is 2.35. The lowest BCUT2D eigenvalue weighted by molar-refractivity contribution is -0.385. The molecule has 0 radical (unpaired) electrons. The molecule has 2 saturated heterocycles. The Morgan fingerprint density at radius 3 is 2.68 bits per heavy atom. The van der Waals surface area contributed by atoms with Crippen molar-refractivity contribution in [3.63, 3.8) is 0 Å². The first-order chi connectivity index (χ1) is 13.3. The van der Waals surface area contributed by atoms with Crippen LogP contribution in [0.1, 0.15) is 5.56 Å². The van der Waals surface area contributed by atoms with Gasteiger partial charge in [0.2, 0.25) is 5.91 Å². The van der Waals surface area contributed by atoms with Gasteiger partial charge in [0.15, 0.2) is 0 Å². The highest BCUT2D eigenvalue weighted by atomic mass is 127. The van der Waals surface area contributed by atoms with E-state index < -0.39 is 16.1 Å². The molecule has 12 heteroatoms. The summed E-state index contributed by atoms with van der Waals surface area (Å²) < 4.78 is 5.40. The fourth-order valence-electron chi connectivity index (χ4n) is 2.65. The van der Waals surface area contributed by atoms with Crippen LogP contribution in [0.3, 0.4) is 0 Å². The summed E-state index contributed by atoms with van der Waals surface area (Å²) in [4.78, 5) is 49.8. The van der Waals surface area contributed by atoms with Gasteiger partial charge in [0.05, 0.1) is 26.6 Å². The van der Waals surface area contributed by atoms with Gasteiger partial charge in [0.25, 0.3) is 16.8 Å². The van der Waals surface area contributed by atoms with Crippen LogP contribution >= 0.6 is 34.4 Å². The van der Waals surface area contributed by atoms with Gasteiger partial charge in [-0.15, -0.1) is 0 Å². The smallest absolute Gasteiger partial charge is 0.294 e. The third-order valence-corrected chi connectivity index (χ3v) is 5.84. The molecule has 2 fully saturated rings. The molecule has 2 heterocycles. The number of rotatable bonds is 4. The second-order valence-corrected chi connectivity index (χ2v) is 8.04. The summed E-state index contributed by atoms with van der Waals surface area (Å²) in [7, 11) is 0. The lowest BCUT2D eigenvalue weighted by Crippen LogP contribution is -2.46. The van der Waals surface area contributed by atoms with Gasteiger partial charge in [-0.2, -0.15) is 0 Å². The number of nitrogens with zero attached hydrogens (tertiary/aromatic N) is 3. The minimum atomic E-state index is -0.683. The van der Waals surface area contributed by atoms with Crippen molar-refractivity contribution in [3.05, 3.63) is 36.3 Å². The van der Waals surface area contributed by atoms with E-state index in [2.05, 4.69) is 0 Å². The first-order valence-electron chi connectivity index (χ1n) is 8.05. The molecule has 0 saturated carbocycles. The molecule has 2 aliphatic rings. The predicted octanol–water partition coefficient (Wildman–Crippen LogP) is 1.80. The van der Waals surface area contributed by atoms with Gasteiger partial charge in [-0.25, -0.2) is 0 Å². The number of carbonyl (C=O) groups excluding carboxylic acids is 3. The lowest BCUT2D eigenvalue weighted by atomic mass is 10.1. The number of benzene rings is 1. The number of morpholine rings is 1. The van der Waals surface area contributed by atoms with Crippen LogP contribution in [0, 0.1) is 13.7 Å². The van der Waals surface area contributed by atoms with E-state index in [0.29, 0.717) is 38.1 Å². The lowest BCUT2D eigenvalue weighted by Gasteiger charge is -2.28. The Morgan fingerprint density at radius 2 is 2.04 bits per heavy atom. The summed E-state index contributed by atoms with van der Waals surface area (Å²) in [5.41, 5.74) is -0.209. The van der Waals surface area contributed by atoms with Gasteiger partial charge in [-0.1, -0.05) is 0 Å². The number of phenols is 1. The average Bonchev–Trinajstić information content (AvgIpc) is 2.93. The van der Waals surface area contributed by atoms with Crippen LogP contribution in [-0.2, 0) is 14.3 Å². The number of hydrogen-bond donors (Lipinski definition) is 1. The van der Waals surface area contributed by atoms with Gasteiger partial charge in [0, 0.05) is 30.8 Å². The molecule has 148 valence electrons. The van der Waals surface area contributed by atoms with Gasteiger partial charge in [-0.05, 0) is 40.4 Å². The van der Waals surface area contributed by atoms with Crippen molar-refractivity contribution in [1.82, 2.24) is 9.80 Å². The Morgan fingerprint density at radius 1 is 1.36 bits per heavy atom. The zero-order valence-corrected chi connectivity index (χ0v) is 17.3. The zero-order chi connectivity index (χ0) is 20.4. The van der Waals surface area contributed by atoms with Gasteiger partial charge in [-0.3, -0.25) is 29.4 Å². The van der Waals surface area contributed by atoms with Crippen molar-refractivity contribution in [1.29, 1.82) is 0 Å². The second kappa shape index (κ2) is 8.45. The number of carbonyl (C=O) groups is 3. The Labute approximate surface area is 176 Å². The first-order valence-corrected chi connectivity index (χ1v) is 9.95. The molecule has 3 rings (SSSR count). The molecule has 3 amide bonds. The maximum Gasteiger partial charge on any atom is 0.294 e. The Bertz CT molecular complexity index is 898. The fraction of sp³-hybridized carbons (Fsp3) is 0.312. The van der Waals surface area contributed by atoms with Crippen LogP contribution in [0.5, 0.6) is 5.75 Å². The fourth-order valence-corrected chi connectivity index (χ4v) is 4.11. The molecule has 1 aromatic rings. The number of halogens is 1.